The highest BCUT2D eigenvalue weighted by atomic mass is 16.7. The zero-order valence-electron chi connectivity index (χ0n) is 17.0. The highest BCUT2D eigenvalue weighted by molar-refractivity contribution is 5.42. The summed E-state index contributed by atoms with van der Waals surface area (Å²) in [4.78, 5) is 0. The van der Waals surface area contributed by atoms with E-state index in [1.165, 1.54) is 7.11 Å². The first-order valence-electron chi connectivity index (χ1n) is 10.2. The molecule has 1 aromatic rings. The van der Waals surface area contributed by atoms with Gasteiger partial charge in [0.2, 0.25) is 0 Å². The van der Waals surface area contributed by atoms with Crippen LogP contribution < -0.4 is 4.74 Å². The Morgan fingerprint density at radius 2 is 1.79 bits per heavy atom. The molecule has 0 aromatic heterocycles. The van der Waals surface area contributed by atoms with Crippen molar-refractivity contribution < 1.29 is 33.9 Å². The molecule has 160 valence electrons. The molecule has 2 aliphatic rings. The van der Waals surface area contributed by atoms with Gasteiger partial charge in [0, 0.05) is 12.2 Å². The summed E-state index contributed by atoms with van der Waals surface area (Å²) in [7, 11) is 1.52. The van der Waals surface area contributed by atoms with E-state index in [2.05, 4.69) is 6.92 Å². The number of aromatic hydroxyl groups is 1. The van der Waals surface area contributed by atoms with Crippen LogP contribution in [0.25, 0.3) is 0 Å². The normalized spacial score (nSPS) is 24.2. The molecule has 0 spiro atoms. The summed E-state index contributed by atoms with van der Waals surface area (Å²) < 4.78 is 26.9. The fourth-order valence-corrected chi connectivity index (χ4v) is 2.97. The third-order valence-electron chi connectivity index (χ3n) is 4.54. The smallest absolute Gasteiger partial charge is 0.183 e. The fraction of sp³-hybridized carbons (Fsp3) is 0.714. The van der Waals surface area contributed by atoms with Crippen molar-refractivity contribution >= 4 is 0 Å². The molecule has 2 heterocycles. The second-order valence-electron chi connectivity index (χ2n) is 6.93. The summed E-state index contributed by atoms with van der Waals surface area (Å²) in [5.74, 6) is 0.558. The van der Waals surface area contributed by atoms with Crippen molar-refractivity contribution in [2.45, 2.75) is 64.1 Å². The van der Waals surface area contributed by atoms with Gasteiger partial charge in [-0.05, 0) is 44.2 Å². The largest absolute Gasteiger partial charge is 0.504 e. The number of rotatable bonds is 4. The zero-order chi connectivity index (χ0) is 20.2. The van der Waals surface area contributed by atoms with E-state index in [0.29, 0.717) is 25.6 Å². The van der Waals surface area contributed by atoms with E-state index in [1.807, 2.05) is 0 Å². The number of aliphatic hydroxyl groups is 1. The molecule has 7 nitrogen and oxygen atoms in total. The average Bonchev–Trinajstić information content (AvgIpc) is 2.82. The van der Waals surface area contributed by atoms with Crippen molar-refractivity contribution in [1.29, 1.82) is 0 Å². The molecule has 0 radical (unpaired) electrons. The quantitative estimate of drug-likeness (QED) is 0.802. The molecule has 2 unspecified atom stereocenters. The Balaban J connectivity index is 0.000000203. The molecule has 2 aliphatic heterocycles. The first-order valence-corrected chi connectivity index (χ1v) is 10.2. The van der Waals surface area contributed by atoms with Crippen LogP contribution in [0.3, 0.4) is 0 Å². The van der Waals surface area contributed by atoms with Gasteiger partial charge in [0.05, 0.1) is 33.0 Å². The summed E-state index contributed by atoms with van der Waals surface area (Å²) in [5.41, 5.74) is 0.865. The molecule has 0 aliphatic carbocycles. The first kappa shape index (κ1) is 22.9. The van der Waals surface area contributed by atoms with Gasteiger partial charge in [-0.15, -0.1) is 0 Å². The van der Waals surface area contributed by atoms with Crippen LogP contribution in [0.5, 0.6) is 11.5 Å². The summed E-state index contributed by atoms with van der Waals surface area (Å²) in [6.07, 6.45) is 5.05. The SMILES string of the molecule is CCCC1OCCCCC(O)CO1.COc1cc(C2OCCCO2)ccc1O. The molecule has 0 saturated carbocycles. The molecule has 2 fully saturated rings. The summed E-state index contributed by atoms with van der Waals surface area (Å²) >= 11 is 0. The molecule has 2 saturated heterocycles. The maximum absolute atomic E-state index is 9.44. The van der Waals surface area contributed by atoms with Crippen LogP contribution in [0.1, 0.15) is 57.3 Å². The van der Waals surface area contributed by atoms with Crippen LogP contribution >= 0.6 is 0 Å². The number of methoxy groups -OCH3 is 1. The minimum absolute atomic E-state index is 0.0993. The topological polar surface area (TPSA) is 86.6 Å². The predicted molar refractivity (Wildman–Crippen MR) is 104 cm³/mol. The molecule has 2 atom stereocenters. The van der Waals surface area contributed by atoms with Gasteiger partial charge in [-0.25, -0.2) is 0 Å². The van der Waals surface area contributed by atoms with Gasteiger partial charge in [0.15, 0.2) is 24.1 Å². The van der Waals surface area contributed by atoms with Crippen molar-refractivity contribution in [2.75, 3.05) is 33.5 Å². The highest BCUT2D eigenvalue weighted by Gasteiger charge is 2.18. The molecule has 0 amide bonds. The van der Waals surface area contributed by atoms with Crippen LogP contribution in [-0.4, -0.2) is 56.1 Å². The van der Waals surface area contributed by atoms with Crippen LogP contribution in [0, 0.1) is 0 Å². The Morgan fingerprint density at radius 3 is 2.50 bits per heavy atom. The molecule has 28 heavy (non-hydrogen) atoms. The van der Waals surface area contributed by atoms with Gasteiger partial charge < -0.3 is 33.9 Å². The number of hydrogen-bond acceptors (Lipinski definition) is 7. The number of ether oxygens (including phenoxy) is 5. The monoisotopic (exact) mass is 398 g/mol. The van der Waals surface area contributed by atoms with Crippen molar-refractivity contribution in [3.8, 4) is 11.5 Å². The van der Waals surface area contributed by atoms with E-state index in [-0.39, 0.29) is 24.4 Å². The summed E-state index contributed by atoms with van der Waals surface area (Å²) in [6, 6.07) is 5.08. The highest BCUT2D eigenvalue weighted by Crippen LogP contribution is 2.31. The first-order chi connectivity index (χ1) is 13.6. The predicted octanol–water partition coefficient (Wildman–Crippen LogP) is 3.53. The van der Waals surface area contributed by atoms with E-state index < -0.39 is 0 Å². The summed E-state index contributed by atoms with van der Waals surface area (Å²) in [6.45, 7) is 4.69. The molecule has 3 rings (SSSR count). The van der Waals surface area contributed by atoms with Gasteiger partial charge in [-0.3, -0.25) is 0 Å². The van der Waals surface area contributed by atoms with Crippen molar-refractivity contribution in [1.82, 2.24) is 0 Å². The minimum atomic E-state index is -0.340. The third kappa shape index (κ3) is 7.93. The van der Waals surface area contributed by atoms with Gasteiger partial charge in [0.1, 0.15) is 0 Å². The lowest BCUT2D eigenvalue weighted by molar-refractivity contribution is -0.183. The van der Waals surface area contributed by atoms with Gasteiger partial charge in [-0.1, -0.05) is 19.4 Å². The Labute approximate surface area is 167 Å². The lowest BCUT2D eigenvalue weighted by atomic mass is 10.2. The maximum Gasteiger partial charge on any atom is 0.183 e. The van der Waals surface area contributed by atoms with E-state index in [9.17, 15) is 10.2 Å². The van der Waals surface area contributed by atoms with E-state index in [1.54, 1.807) is 18.2 Å². The van der Waals surface area contributed by atoms with Crippen LogP contribution in [0.4, 0.5) is 0 Å². The minimum Gasteiger partial charge on any atom is -0.504 e. The Kier molecular flexibility index (Phi) is 10.6. The molecule has 7 heteroatoms. The fourth-order valence-electron chi connectivity index (χ4n) is 2.97. The third-order valence-corrected chi connectivity index (χ3v) is 4.54. The van der Waals surface area contributed by atoms with Gasteiger partial charge >= 0.3 is 0 Å². The van der Waals surface area contributed by atoms with Crippen molar-refractivity contribution in [3.63, 3.8) is 0 Å². The Hall–Kier alpha value is -1.38. The van der Waals surface area contributed by atoms with Crippen molar-refractivity contribution in [2.24, 2.45) is 0 Å². The number of aliphatic hydroxyl groups excluding tert-OH is 1. The van der Waals surface area contributed by atoms with Crippen LogP contribution in [-0.2, 0) is 18.9 Å². The van der Waals surface area contributed by atoms with Crippen LogP contribution in [0.2, 0.25) is 0 Å². The lowest BCUT2D eigenvalue weighted by Crippen LogP contribution is -2.22. The lowest BCUT2D eigenvalue weighted by Gasteiger charge is -2.23. The Morgan fingerprint density at radius 1 is 1.04 bits per heavy atom. The molecule has 1 aromatic carbocycles. The number of benzene rings is 1. The molecule has 0 bridgehead atoms. The molecule has 2 N–H and O–H groups in total. The number of hydrogen-bond donors (Lipinski definition) is 2. The number of phenolic OH excluding ortho intramolecular Hbond substituents is 1. The average molecular weight is 398 g/mol. The second-order valence-corrected chi connectivity index (χ2v) is 6.93. The van der Waals surface area contributed by atoms with Gasteiger partial charge in [-0.2, -0.15) is 0 Å². The standard InChI is InChI=1S/C11H14O4.C10H20O3/c1-13-10-7-8(3-4-9(10)12)11-14-5-2-6-15-11;1-2-5-10-12-7-4-3-6-9(11)8-13-10/h3-4,7,11-12H,2,5-6H2,1H3;9-11H,2-8H2,1H3. The van der Waals surface area contributed by atoms with Crippen molar-refractivity contribution in [3.05, 3.63) is 23.8 Å². The van der Waals surface area contributed by atoms with Gasteiger partial charge in [0.25, 0.3) is 0 Å². The molecular weight excluding hydrogens is 364 g/mol. The number of phenols is 1. The van der Waals surface area contributed by atoms with E-state index in [0.717, 1.165) is 50.7 Å². The van der Waals surface area contributed by atoms with E-state index >= 15 is 0 Å². The second kappa shape index (κ2) is 13.0. The van der Waals surface area contributed by atoms with E-state index in [4.69, 9.17) is 23.7 Å². The van der Waals surface area contributed by atoms with Crippen LogP contribution in [0.15, 0.2) is 18.2 Å². The zero-order valence-corrected chi connectivity index (χ0v) is 17.0. The Bertz CT molecular complexity index is 546. The summed E-state index contributed by atoms with van der Waals surface area (Å²) in [5, 5.41) is 18.9. The maximum atomic E-state index is 9.44. The molecular formula is C21H34O7.